The zero-order chi connectivity index (χ0) is 31.3. The van der Waals surface area contributed by atoms with E-state index in [2.05, 4.69) is 127 Å². The number of aryl methyl sites for hydroxylation is 2. The molecule has 0 spiro atoms. The van der Waals surface area contributed by atoms with Gasteiger partial charge in [0.05, 0.1) is 0 Å². The molecule has 0 saturated carbocycles. The van der Waals surface area contributed by atoms with Gasteiger partial charge in [0, 0.05) is 32.5 Å². The fraction of sp³-hybridized carbons (Fsp3) is 0.0455. The molecule has 0 aliphatic heterocycles. The van der Waals surface area contributed by atoms with Gasteiger partial charge in [0.1, 0.15) is 0 Å². The number of nitrogens with zero attached hydrogens (tertiary/aromatic N) is 2. The Labute approximate surface area is 290 Å². The van der Waals surface area contributed by atoms with E-state index >= 15 is 0 Å². The Morgan fingerprint density at radius 1 is 0.468 bits per heavy atom. The second-order valence-electron chi connectivity index (χ2n) is 11.4. The number of benzene rings is 6. The van der Waals surface area contributed by atoms with E-state index in [0.29, 0.717) is 0 Å². The van der Waals surface area contributed by atoms with Crippen LogP contribution in [0.25, 0.3) is 66.3 Å². The van der Waals surface area contributed by atoms with Crippen molar-refractivity contribution in [3.05, 3.63) is 181 Å². The Balaban J connectivity index is 0.000000232. The van der Waals surface area contributed by atoms with Gasteiger partial charge in [0.15, 0.2) is 0 Å². The second-order valence-corrected chi connectivity index (χ2v) is 11.4. The SMILES string of the molecule is Cc1ccc(-c2[c-]cccc2)nc1.Cc1cnc(-c2[c-]ccc(-c3cc4ccccc4c4ccccc34)c2)cc1-c1ccccc1.[Ir]. The van der Waals surface area contributed by atoms with Crippen LogP contribution >= 0.6 is 0 Å². The van der Waals surface area contributed by atoms with Crippen molar-refractivity contribution in [1.82, 2.24) is 9.97 Å². The van der Waals surface area contributed by atoms with Crippen LogP contribution in [-0.4, -0.2) is 9.97 Å². The molecule has 0 atom stereocenters. The minimum absolute atomic E-state index is 0. The van der Waals surface area contributed by atoms with E-state index in [1.54, 1.807) is 0 Å². The minimum atomic E-state index is 0. The van der Waals surface area contributed by atoms with Crippen LogP contribution in [0.5, 0.6) is 0 Å². The van der Waals surface area contributed by atoms with E-state index in [-0.39, 0.29) is 20.1 Å². The van der Waals surface area contributed by atoms with E-state index < -0.39 is 0 Å². The molecule has 0 unspecified atom stereocenters. The quantitative estimate of drug-likeness (QED) is 0.131. The van der Waals surface area contributed by atoms with Crippen molar-refractivity contribution in [3.63, 3.8) is 0 Å². The second kappa shape index (κ2) is 14.5. The smallest absolute Gasteiger partial charge is 0.0196 e. The van der Waals surface area contributed by atoms with Crippen molar-refractivity contribution < 1.29 is 20.1 Å². The van der Waals surface area contributed by atoms with Crippen molar-refractivity contribution in [2.45, 2.75) is 13.8 Å². The molecule has 8 aromatic rings. The molecular formula is C44H32IrN2-2. The molecule has 2 heterocycles. The van der Waals surface area contributed by atoms with Crippen molar-refractivity contribution >= 4 is 21.5 Å². The number of hydrogen-bond acceptors (Lipinski definition) is 2. The molecule has 6 aromatic carbocycles. The Bertz CT molecular complexity index is 2260. The summed E-state index contributed by atoms with van der Waals surface area (Å²) in [5.41, 5.74) is 11.1. The largest absolute Gasteiger partial charge is 0.304 e. The summed E-state index contributed by atoms with van der Waals surface area (Å²) in [6.07, 6.45) is 3.83. The number of rotatable bonds is 4. The average Bonchev–Trinajstić information content (AvgIpc) is 3.13. The third-order valence-corrected chi connectivity index (χ3v) is 8.24. The van der Waals surface area contributed by atoms with Gasteiger partial charge in [-0.1, -0.05) is 97.1 Å². The zero-order valence-electron chi connectivity index (χ0n) is 26.2. The van der Waals surface area contributed by atoms with Crippen LogP contribution in [0.2, 0.25) is 0 Å². The van der Waals surface area contributed by atoms with Crippen molar-refractivity contribution in [1.29, 1.82) is 0 Å². The fourth-order valence-electron chi connectivity index (χ4n) is 5.85. The van der Waals surface area contributed by atoms with Gasteiger partial charge in [0.25, 0.3) is 0 Å². The molecule has 0 N–H and O–H groups in total. The Morgan fingerprint density at radius 3 is 1.94 bits per heavy atom. The minimum Gasteiger partial charge on any atom is -0.304 e. The number of pyridine rings is 2. The first kappa shape index (κ1) is 31.8. The maximum atomic E-state index is 4.75. The maximum absolute atomic E-state index is 4.75. The van der Waals surface area contributed by atoms with E-state index in [9.17, 15) is 0 Å². The summed E-state index contributed by atoms with van der Waals surface area (Å²) in [7, 11) is 0. The molecule has 0 saturated heterocycles. The van der Waals surface area contributed by atoms with E-state index in [4.69, 9.17) is 4.98 Å². The predicted octanol–water partition coefficient (Wildman–Crippen LogP) is 11.4. The number of fused-ring (bicyclic) bond motifs is 3. The van der Waals surface area contributed by atoms with Gasteiger partial charge in [-0.2, -0.15) is 0 Å². The third kappa shape index (κ3) is 6.98. The molecular weight excluding hydrogens is 749 g/mol. The first-order chi connectivity index (χ1) is 22.6. The van der Waals surface area contributed by atoms with Crippen molar-refractivity contribution in [2.24, 2.45) is 0 Å². The van der Waals surface area contributed by atoms with Crippen molar-refractivity contribution in [2.75, 3.05) is 0 Å². The van der Waals surface area contributed by atoms with Gasteiger partial charge in [-0.25, -0.2) is 0 Å². The van der Waals surface area contributed by atoms with Crippen LogP contribution in [-0.2, 0) is 20.1 Å². The molecule has 47 heavy (non-hydrogen) atoms. The van der Waals surface area contributed by atoms with Crippen LogP contribution in [0.15, 0.2) is 158 Å². The Morgan fingerprint density at radius 2 is 1.17 bits per heavy atom. The van der Waals surface area contributed by atoms with Gasteiger partial charge in [0.2, 0.25) is 0 Å². The summed E-state index contributed by atoms with van der Waals surface area (Å²) in [5.74, 6) is 0. The molecule has 0 fully saturated rings. The standard InChI is InChI=1S/C32H22N.C12H10N.Ir/c1-22-21-33-32(20-30(22)23-10-3-2-4-11-23)26-14-9-13-24(18-26)31-19-25-12-5-6-15-27(25)28-16-7-8-17-29(28)31;1-10-7-8-12(13-9-10)11-5-3-2-4-6-11;/h2-13,15-21H,1H3;2-5,7-9H,1H3;/q2*-1;. The molecule has 2 nitrogen and oxygen atoms in total. The van der Waals surface area contributed by atoms with Crippen molar-refractivity contribution in [3.8, 4) is 44.8 Å². The van der Waals surface area contributed by atoms with E-state index in [1.807, 2.05) is 61.8 Å². The summed E-state index contributed by atoms with van der Waals surface area (Å²) in [6, 6.07) is 57.1. The van der Waals surface area contributed by atoms with Gasteiger partial charge >= 0.3 is 0 Å². The monoisotopic (exact) mass is 781 g/mol. The summed E-state index contributed by atoms with van der Waals surface area (Å²) in [6.45, 7) is 4.14. The summed E-state index contributed by atoms with van der Waals surface area (Å²) in [4.78, 5) is 9.07. The van der Waals surface area contributed by atoms with E-state index in [0.717, 1.165) is 22.5 Å². The summed E-state index contributed by atoms with van der Waals surface area (Å²) in [5, 5.41) is 5.07. The Hall–Kier alpha value is -5.21. The first-order valence-electron chi connectivity index (χ1n) is 15.5. The summed E-state index contributed by atoms with van der Waals surface area (Å²) < 4.78 is 0. The molecule has 229 valence electrons. The maximum Gasteiger partial charge on any atom is 0.0196 e. The molecule has 0 aliphatic carbocycles. The van der Waals surface area contributed by atoms with Gasteiger partial charge in [-0.3, -0.25) is 0 Å². The number of aromatic nitrogens is 2. The van der Waals surface area contributed by atoms with Gasteiger partial charge in [-0.05, 0) is 80.7 Å². The van der Waals surface area contributed by atoms with E-state index in [1.165, 1.54) is 54.9 Å². The van der Waals surface area contributed by atoms with Crippen LogP contribution < -0.4 is 0 Å². The predicted molar refractivity (Wildman–Crippen MR) is 192 cm³/mol. The average molecular weight is 781 g/mol. The molecule has 1 radical (unpaired) electrons. The Kier molecular flexibility index (Phi) is 9.78. The van der Waals surface area contributed by atoms with Gasteiger partial charge in [-0.15, -0.1) is 71.3 Å². The summed E-state index contributed by atoms with van der Waals surface area (Å²) >= 11 is 0. The molecule has 2 aromatic heterocycles. The molecule has 0 aliphatic rings. The van der Waals surface area contributed by atoms with Crippen LogP contribution in [0, 0.1) is 26.0 Å². The first-order valence-corrected chi connectivity index (χ1v) is 15.5. The molecule has 0 bridgehead atoms. The van der Waals surface area contributed by atoms with Crippen LogP contribution in [0.1, 0.15) is 11.1 Å². The van der Waals surface area contributed by atoms with Crippen LogP contribution in [0.3, 0.4) is 0 Å². The number of hydrogen-bond donors (Lipinski definition) is 0. The topological polar surface area (TPSA) is 25.8 Å². The fourth-order valence-corrected chi connectivity index (χ4v) is 5.85. The molecule has 8 rings (SSSR count). The van der Waals surface area contributed by atoms with Crippen LogP contribution in [0.4, 0.5) is 0 Å². The normalized spacial score (nSPS) is 10.6. The molecule has 0 amide bonds. The molecule has 3 heteroatoms. The third-order valence-electron chi connectivity index (χ3n) is 8.24. The van der Waals surface area contributed by atoms with Gasteiger partial charge < -0.3 is 9.97 Å². The zero-order valence-corrected chi connectivity index (χ0v) is 28.6.